The molecule has 2 atom stereocenters. The van der Waals surface area contributed by atoms with Gasteiger partial charge in [0.1, 0.15) is 0 Å². The number of hydrogen-bond acceptors (Lipinski definition) is 4. The molecular weight excluding hydrogens is 458 g/mol. The van der Waals surface area contributed by atoms with E-state index < -0.39 is 10.0 Å². The summed E-state index contributed by atoms with van der Waals surface area (Å²) in [4.78, 5) is 5.76. The number of nitrogens with zero attached hydrogens (tertiary/aromatic N) is 2. The Labute approximate surface area is 209 Å². The highest BCUT2D eigenvalue weighted by Crippen LogP contribution is 2.35. The summed E-state index contributed by atoms with van der Waals surface area (Å²) in [7, 11) is -3.22. The van der Waals surface area contributed by atoms with E-state index in [-0.39, 0.29) is 18.0 Å². The van der Waals surface area contributed by atoms with Crippen molar-refractivity contribution in [3.05, 3.63) is 60.3 Å². The van der Waals surface area contributed by atoms with Crippen LogP contribution in [0.4, 0.5) is 0 Å². The van der Waals surface area contributed by atoms with E-state index >= 15 is 0 Å². The average molecular weight is 496 g/mol. The molecule has 0 bridgehead atoms. The fraction of sp³-hybridized carbons (Fsp3) is 0.500. The van der Waals surface area contributed by atoms with E-state index in [4.69, 9.17) is 4.74 Å². The van der Waals surface area contributed by atoms with Gasteiger partial charge in [-0.05, 0) is 74.4 Å². The molecule has 0 spiro atoms. The van der Waals surface area contributed by atoms with Crippen LogP contribution < -0.4 is 0 Å². The van der Waals surface area contributed by atoms with Crippen molar-refractivity contribution >= 4 is 20.9 Å². The van der Waals surface area contributed by atoms with Crippen LogP contribution in [0.2, 0.25) is 0 Å². The van der Waals surface area contributed by atoms with Crippen LogP contribution in [0, 0.1) is 0 Å². The lowest BCUT2D eigenvalue weighted by molar-refractivity contribution is -0.0677. The third kappa shape index (κ3) is 5.64. The lowest BCUT2D eigenvalue weighted by atomic mass is 9.89. The molecule has 0 amide bonds. The summed E-state index contributed by atoms with van der Waals surface area (Å²) in [6.45, 7) is 7.94. The predicted molar refractivity (Wildman–Crippen MR) is 142 cm³/mol. The monoisotopic (exact) mass is 495 g/mol. The summed E-state index contributed by atoms with van der Waals surface area (Å²) in [5.41, 5.74) is 4.87. The summed E-state index contributed by atoms with van der Waals surface area (Å²) >= 11 is 0. The van der Waals surface area contributed by atoms with E-state index in [2.05, 4.69) is 72.4 Å². The predicted octanol–water partition coefficient (Wildman–Crippen LogP) is 4.84. The Bertz CT molecular complexity index is 1220. The number of piperidine rings is 1. The van der Waals surface area contributed by atoms with E-state index in [0.29, 0.717) is 25.4 Å². The fourth-order valence-electron chi connectivity index (χ4n) is 5.80. The van der Waals surface area contributed by atoms with Gasteiger partial charge in [-0.25, -0.2) is 12.7 Å². The Morgan fingerprint density at radius 2 is 1.69 bits per heavy atom. The van der Waals surface area contributed by atoms with Crippen LogP contribution in [-0.4, -0.2) is 73.3 Å². The van der Waals surface area contributed by atoms with Crippen LogP contribution in [0.5, 0.6) is 0 Å². The molecule has 2 aromatic carbocycles. The number of fused-ring (bicyclic) bond motifs is 1. The van der Waals surface area contributed by atoms with Crippen molar-refractivity contribution in [2.75, 3.05) is 38.5 Å². The number of morpholine rings is 1. The Morgan fingerprint density at radius 3 is 2.40 bits per heavy atom. The first-order chi connectivity index (χ1) is 16.9. The van der Waals surface area contributed by atoms with Crippen molar-refractivity contribution in [1.29, 1.82) is 0 Å². The first-order valence-electron chi connectivity index (χ1n) is 12.9. The lowest BCUT2D eigenvalue weighted by Crippen LogP contribution is -2.46. The molecule has 3 aromatic rings. The SMILES string of the molecule is CC1CN(CCCS(=O)(=O)N2CCC(c3c[nH]c4ccc(-c5ccccc5)cc34)CC2)CC(C)O1. The standard InChI is InChI=1S/C28H37N3O3S/c1-21-19-30(20-22(2)34-21)13-6-16-35(32,33)31-14-11-24(12-15-31)27-18-29-28-10-9-25(17-26(27)28)23-7-4-3-5-8-23/h3-5,7-10,17-18,21-22,24,29H,6,11-16,19-20H2,1-2H3. The molecule has 3 heterocycles. The number of aromatic nitrogens is 1. The highest BCUT2D eigenvalue weighted by molar-refractivity contribution is 7.89. The quantitative estimate of drug-likeness (QED) is 0.509. The van der Waals surface area contributed by atoms with Gasteiger partial charge >= 0.3 is 0 Å². The summed E-state index contributed by atoms with van der Waals surface area (Å²) in [5, 5.41) is 1.25. The van der Waals surface area contributed by atoms with Crippen LogP contribution in [0.3, 0.4) is 0 Å². The molecule has 1 N–H and O–H groups in total. The highest BCUT2D eigenvalue weighted by Gasteiger charge is 2.30. The maximum atomic E-state index is 13.0. The van der Waals surface area contributed by atoms with Crippen molar-refractivity contribution in [3.8, 4) is 11.1 Å². The molecule has 6 nitrogen and oxygen atoms in total. The van der Waals surface area contributed by atoms with E-state index in [0.717, 1.165) is 38.0 Å². The second kappa shape index (κ2) is 10.4. The highest BCUT2D eigenvalue weighted by atomic mass is 32.2. The van der Waals surface area contributed by atoms with Crippen LogP contribution in [0.25, 0.3) is 22.0 Å². The number of ether oxygens (including phenoxy) is 1. The van der Waals surface area contributed by atoms with Gasteiger partial charge in [-0.2, -0.15) is 0 Å². The Hall–Kier alpha value is -2.19. The minimum absolute atomic E-state index is 0.211. The first-order valence-corrected chi connectivity index (χ1v) is 14.5. The molecule has 0 radical (unpaired) electrons. The maximum absolute atomic E-state index is 13.0. The molecule has 2 fully saturated rings. The molecule has 188 valence electrons. The Morgan fingerprint density at radius 1 is 0.971 bits per heavy atom. The molecule has 2 saturated heterocycles. The van der Waals surface area contributed by atoms with Crippen molar-refractivity contribution in [2.24, 2.45) is 0 Å². The van der Waals surface area contributed by atoms with Gasteiger partial charge in [-0.1, -0.05) is 36.4 Å². The zero-order chi connectivity index (χ0) is 24.4. The summed E-state index contributed by atoms with van der Waals surface area (Å²) in [6.07, 6.45) is 4.94. The normalized spacial score (nSPS) is 23.1. The zero-order valence-electron chi connectivity index (χ0n) is 20.8. The maximum Gasteiger partial charge on any atom is 0.214 e. The van der Waals surface area contributed by atoms with Gasteiger partial charge < -0.3 is 9.72 Å². The fourth-order valence-corrected chi connectivity index (χ4v) is 7.32. The van der Waals surface area contributed by atoms with Gasteiger partial charge in [-0.3, -0.25) is 4.90 Å². The lowest BCUT2D eigenvalue weighted by Gasteiger charge is -2.35. The van der Waals surface area contributed by atoms with Crippen molar-refractivity contribution in [2.45, 2.75) is 51.2 Å². The Kier molecular flexibility index (Phi) is 7.30. The largest absolute Gasteiger partial charge is 0.373 e. The number of benzene rings is 2. The number of H-pyrrole nitrogens is 1. The van der Waals surface area contributed by atoms with Crippen LogP contribution in [-0.2, 0) is 14.8 Å². The number of nitrogens with one attached hydrogen (secondary N) is 1. The topological polar surface area (TPSA) is 65.6 Å². The van der Waals surface area contributed by atoms with Gasteiger partial charge in [0.25, 0.3) is 0 Å². The molecule has 2 aliphatic heterocycles. The van der Waals surface area contributed by atoms with Gasteiger partial charge in [-0.15, -0.1) is 0 Å². The summed E-state index contributed by atoms with van der Waals surface area (Å²) < 4.78 is 33.6. The number of sulfonamides is 1. The molecule has 0 saturated carbocycles. The van der Waals surface area contributed by atoms with E-state index in [9.17, 15) is 8.42 Å². The van der Waals surface area contributed by atoms with E-state index in [1.165, 1.54) is 22.1 Å². The number of rotatable bonds is 7. The second-order valence-electron chi connectivity index (χ2n) is 10.2. The van der Waals surface area contributed by atoms with Gasteiger partial charge in [0.05, 0.1) is 18.0 Å². The van der Waals surface area contributed by atoms with Crippen molar-refractivity contribution in [1.82, 2.24) is 14.2 Å². The van der Waals surface area contributed by atoms with Crippen LogP contribution in [0.15, 0.2) is 54.7 Å². The minimum Gasteiger partial charge on any atom is -0.373 e. The molecule has 1 aromatic heterocycles. The minimum atomic E-state index is -3.22. The van der Waals surface area contributed by atoms with Crippen molar-refractivity contribution < 1.29 is 13.2 Å². The van der Waals surface area contributed by atoms with Gasteiger partial charge in [0.2, 0.25) is 10.0 Å². The first kappa shape index (κ1) is 24.5. The molecular formula is C28H37N3O3S. The van der Waals surface area contributed by atoms with Crippen molar-refractivity contribution in [3.63, 3.8) is 0 Å². The Balaban J connectivity index is 1.19. The average Bonchev–Trinajstić information content (AvgIpc) is 3.27. The molecule has 2 aliphatic rings. The van der Waals surface area contributed by atoms with Gasteiger partial charge in [0, 0.05) is 43.3 Å². The van der Waals surface area contributed by atoms with E-state index in [1.807, 2.05) is 6.07 Å². The van der Waals surface area contributed by atoms with E-state index in [1.54, 1.807) is 4.31 Å². The third-order valence-electron chi connectivity index (χ3n) is 7.48. The molecule has 35 heavy (non-hydrogen) atoms. The molecule has 7 heteroatoms. The third-order valence-corrected chi connectivity index (χ3v) is 9.44. The zero-order valence-corrected chi connectivity index (χ0v) is 21.6. The molecule has 5 rings (SSSR count). The summed E-state index contributed by atoms with van der Waals surface area (Å²) in [5.74, 6) is 0.600. The second-order valence-corrected chi connectivity index (χ2v) is 12.3. The van der Waals surface area contributed by atoms with Gasteiger partial charge in [0.15, 0.2) is 0 Å². The smallest absolute Gasteiger partial charge is 0.214 e. The van der Waals surface area contributed by atoms with Crippen LogP contribution in [0.1, 0.15) is 44.6 Å². The molecule has 2 unspecified atom stereocenters. The molecule has 0 aliphatic carbocycles. The summed E-state index contributed by atoms with van der Waals surface area (Å²) in [6, 6.07) is 17.0. The number of hydrogen-bond donors (Lipinski definition) is 1. The van der Waals surface area contributed by atoms with Crippen LogP contribution >= 0.6 is 0 Å². The number of aromatic amines is 1.